The quantitative estimate of drug-likeness (QED) is 0.894. The van der Waals surface area contributed by atoms with Crippen LogP contribution in [0.3, 0.4) is 0 Å². The van der Waals surface area contributed by atoms with Crippen LogP contribution in [-0.4, -0.2) is 43.6 Å². The van der Waals surface area contributed by atoms with Crippen LogP contribution in [-0.2, 0) is 4.79 Å². The Balaban J connectivity index is 1.75. The van der Waals surface area contributed by atoms with E-state index < -0.39 is 0 Å². The van der Waals surface area contributed by atoms with Crippen LogP contribution in [0.15, 0.2) is 24.3 Å². The van der Waals surface area contributed by atoms with E-state index in [0.717, 1.165) is 30.7 Å². The second-order valence-electron chi connectivity index (χ2n) is 5.38. The van der Waals surface area contributed by atoms with Gasteiger partial charge in [0.15, 0.2) is 0 Å². The Kier molecular flexibility index (Phi) is 5.41. The molecule has 0 bridgehead atoms. The summed E-state index contributed by atoms with van der Waals surface area (Å²) in [6, 6.07) is 7.93. The number of amides is 1. The molecule has 1 N–H and O–H groups in total. The Bertz CT molecular complexity index is 442. The maximum atomic E-state index is 12.2. The van der Waals surface area contributed by atoms with E-state index in [1.165, 1.54) is 6.42 Å². The molecule has 1 amide bonds. The molecular weight excluding hydrogens is 252 g/mol. The fraction of sp³-hybridized carbons (Fsp3) is 0.562. The Morgan fingerprint density at radius 3 is 2.90 bits per heavy atom. The van der Waals surface area contributed by atoms with Crippen molar-refractivity contribution in [3.8, 4) is 5.75 Å². The molecule has 1 fully saturated rings. The van der Waals surface area contributed by atoms with Gasteiger partial charge in [-0.3, -0.25) is 4.79 Å². The molecule has 0 saturated carbocycles. The molecule has 1 aliphatic rings. The molecule has 0 radical (unpaired) electrons. The van der Waals surface area contributed by atoms with Gasteiger partial charge < -0.3 is 15.0 Å². The van der Waals surface area contributed by atoms with E-state index in [0.29, 0.717) is 13.2 Å². The standard InChI is InChI=1S/C16H24N2O2/c1-13-7-3-4-9-15(13)20-12-11-18(2)16(19)14-8-5-6-10-17-14/h3-4,7,9,14,17H,5-6,8,10-12H2,1-2H3/t14-/m0/s1. The summed E-state index contributed by atoms with van der Waals surface area (Å²) in [5.74, 6) is 1.07. The predicted octanol–water partition coefficient (Wildman–Crippen LogP) is 1.97. The fourth-order valence-corrected chi connectivity index (χ4v) is 2.45. The first-order chi connectivity index (χ1) is 9.68. The minimum atomic E-state index is -0.00721. The summed E-state index contributed by atoms with van der Waals surface area (Å²) in [5, 5.41) is 3.28. The summed E-state index contributed by atoms with van der Waals surface area (Å²) in [6.45, 7) is 4.12. The maximum Gasteiger partial charge on any atom is 0.239 e. The molecule has 1 atom stereocenters. The number of nitrogens with one attached hydrogen (secondary N) is 1. The van der Waals surface area contributed by atoms with Crippen LogP contribution >= 0.6 is 0 Å². The van der Waals surface area contributed by atoms with Crippen LogP contribution < -0.4 is 10.1 Å². The van der Waals surface area contributed by atoms with Gasteiger partial charge in [0.05, 0.1) is 12.6 Å². The van der Waals surface area contributed by atoms with Crippen LogP contribution in [0.1, 0.15) is 24.8 Å². The van der Waals surface area contributed by atoms with Gasteiger partial charge in [-0.1, -0.05) is 24.6 Å². The lowest BCUT2D eigenvalue weighted by Gasteiger charge is -2.27. The van der Waals surface area contributed by atoms with Crippen LogP contribution in [0.2, 0.25) is 0 Å². The van der Waals surface area contributed by atoms with Crippen molar-refractivity contribution in [1.29, 1.82) is 0 Å². The summed E-state index contributed by atoms with van der Waals surface area (Å²) >= 11 is 0. The number of para-hydroxylation sites is 1. The van der Waals surface area contributed by atoms with Crippen molar-refractivity contribution in [1.82, 2.24) is 10.2 Å². The minimum absolute atomic E-state index is 0.00721. The number of aryl methyl sites for hydroxylation is 1. The van der Waals surface area contributed by atoms with Crippen molar-refractivity contribution in [2.24, 2.45) is 0 Å². The highest BCUT2D eigenvalue weighted by Crippen LogP contribution is 2.16. The summed E-state index contributed by atoms with van der Waals surface area (Å²) in [7, 11) is 1.85. The SMILES string of the molecule is Cc1ccccc1OCCN(C)C(=O)[C@@H]1CCCCN1. The van der Waals surface area contributed by atoms with Crippen LogP contribution in [0.4, 0.5) is 0 Å². The lowest BCUT2D eigenvalue weighted by molar-refractivity contribution is -0.133. The lowest BCUT2D eigenvalue weighted by atomic mass is 10.0. The maximum absolute atomic E-state index is 12.2. The van der Waals surface area contributed by atoms with Gasteiger partial charge in [-0.15, -0.1) is 0 Å². The van der Waals surface area contributed by atoms with Crippen molar-refractivity contribution in [2.75, 3.05) is 26.7 Å². The van der Waals surface area contributed by atoms with Gasteiger partial charge in [0, 0.05) is 7.05 Å². The zero-order chi connectivity index (χ0) is 14.4. The largest absolute Gasteiger partial charge is 0.491 e. The number of ether oxygens (including phenoxy) is 1. The van der Waals surface area contributed by atoms with E-state index in [-0.39, 0.29) is 11.9 Å². The van der Waals surface area contributed by atoms with Gasteiger partial charge in [-0.2, -0.15) is 0 Å². The molecule has 0 aromatic heterocycles. The number of hydrogen-bond acceptors (Lipinski definition) is 3. The average molecular weight is 276 g/mol. The van der Waals surface area contributed by atoms with Gasteiger partial charge >= 0.3 is 0 Å². The monoisotopic (exact) mass is 276 g/mol. The third-order valence-corrected chi connectivity index (χ3v) is 3.76. The molecule has 20 heavy (non-hydrogen) atoms. The summed E-state index contributed by atoms with van der Waals surface area (Å²) in [5.41, 5.74) is 1.12. The Hall–Kier alpha value is -1.55. The topological polar surface area (TPSA) is 41.6 Å². The first kappa shape index (κ1) is 14.9. The summed E-state index contributed by atoms with van der Waals surface area (Å²) < 4.78 is 5.73. The highest BCUT2D eigenvalue weighted by molar-refractivity contribution is 5.81. The zero-order valence-electron chi connectivity index (χ0n) is 12.4. The molecule has 0 aliphatic carbocycles. The Labute approximate surface area is 121 Å². The van der Waals surface area contributed by atoms with Crippen molar-refractivity contribution >= 4 is 5.91 Å². The number of benzene rings is 1. The van der Waals surface area contributed by atoms with E-state index in [2.05, 4.69) is 5.32 Å². The fourth-order valence-electron chi connectivity index (χ4n) is 2.45. The summed E-state index contributed by atoms with van der Waals surface area (Å²) in [4.78, 5) is 14.0. The zero-order valence-corrected chi connectivity index (χ0v) is 12.4. The number of carbonyl (C=O) groups is 1. The second-order valence-corrected chi connectivity index (χ2v) is 5.38. The molecule has 110 valence electrons. The third-order valence-electron chi connectivity index (χ3n) is 3.76. The van der Waals surface area contributed by atoms with E-state index >= 15 is 0 Å². The molecular formula is C16H24N2O2. The van der Waals surface area contributed by atoms with E-state index in [4.69, 9.17) is 4.74 Å². The highest BCUT2D eigenvalue weighted by Gasteiger charge is 2.23. The minimum Gasteiger partial charge on any atom is -0.491 e. The second kappa shape index (κ2) is 7.29. The molecule has 0 unspecified atom stereocenters. The first-order valence-electron chi connectivity index (χ1n) is 7.35. The molecule has 4 nitrogen and oxygen atoms in total. The average Bonchev–Trinajstić information content (AvgIpc) is 2.49. The molecule has 0 spiro atoms. The van der Waals surface area contributed by atoms with E-state index in [9.17, 15) is 4.79 Å². The van der Waals surface area contributed by atoms with Gasteiger partial charge in [0.1, 0.15) is 12.4 Å². The molecule has 2 rings (SSSR count). The van der Waals surface area contributed by atoms with Crippen LogP contribution in [0.25, 0.3) is 0 Å². The normalized spacial score (nSPS) is 18.6. The van der Waals surface area contributed by atoms with Gasteiger partial charge in [-0.05, 0) is 37.9 Å². The van der Waals surface area contributed by atoms with Crippen molar-refractivity contribution in [2.45, 2.75) is 32.2 Å². The van der Waals surface area contributed by atoms with Crippen LogP contribution in [0.5, 0.6) is 5.75 Å². The molecule has 1 aromatic rings. The molecule has 1 heterocycles. The van der Waals surface area contributed by atoms with E-state index in [1.54, 1.807) is 4.90 Å². The number of piperidine rings is 1. The number of carbonyl (C=O) groups excluding carboxylic acids is 1. The van der Waals surface area contributed by atoms with E-state index in [1.807, 2.05) is 38.2 Å². The lowest BCUT2D eigenvalue weighted by Crippen LogP contribution is -2.48. The van der Waals surface area contributed by atoms with Crippen molar-refractivity contribution in [3.05, 3.63) is 29.8 Å². The Morgan fingerprint density at radius 2 is 2.20 bits per heavy atom. The number of rotatable bonds is 5. The van der Waals surface area contributed by atoms with Crippen molar-refractivity contribution < 1.29 is 9.53 Å². The number of likely N-dealkylation sites (N-methyl/N-ethyl adjacent to an activating group) is 1. The molecule has 1 saturated heterocycles. The number of hydrogen-bond donors (Lipinski definition) is 1. The summed E-state index contributed by atoms with van der Waals surface area (Å²) in [6.07, 6.45) is 3.25. The molecule has 4 heteroatoms. The van der Waals surface area contributed by atoms with Gasteiger partial charge in [0.2, 0.25) is 5.91 Å². The van der Waals surface area contributed by atoms with Crippen LogP contribution in [0, 0.1) is 6.92 Å². The highest BCUT2D eigenvalue weighted by atomic mass is 16.5. The smallest absolute Gasteiger partial charge is 0.239 e. The predicted molar refractivity (Wildman–Crippen MR) is 80.0 cm³/mol. The van der Waals surface area contributed by atoms with Gasteiger partial charge in [-0.25, -0.2) is 0 Å². The molecule has 1 aliphatic heterocycles. The van der Waals surface area contributed by atoms with Crippen molar-refractivity contribution in [3.63, 3.8) is 0 Å². The third kappa shape index (κ3) is 3.97. The first-order valence-corrected chi connectivity index (χ1v) is 7.35. The molecule has 1 aromatic carbocycles. The Morgan fingerprint density at radius 1 is 1.40 bits per heavy atom. The van der Waals surface area contributed by atoms with Gasteiger partial charge in [0.25, 0.3) is 0 Å². The number of nitrogens with zero attached hydrogens (tertiary/aromatic N) is 1.